The van der Waals surface area contributed by atoms with Crippen molar-refractivity contribution in [3.05, 3.63) is 90.3 Å². The van der Waals surface area contributed by atoms with E-state index in [1.165, 1.54) is 45.2 Å². The van der Waals surface area contributed by atoms with E-state index in [-0.39, 0.29) is 74.8 Å². The number of para-hydroxylation sites is 2. The summed E-state index contributed by atoms with van der Waals surface area (Å²) in [6.07, 6.45) is 3.65. The van der Waals surface area contributed by atoms with Gasteiger partial charge in [0.15, 0.2) is 0 Å². The molecule has 522 valence electrons. The average Bonchev–Trinajstić information content (AvgIpc) is 1.66. The number of nitrogens with one attached hydrogen (secondary N) is 15. The van der Waals surface area contributed by atoms with Gasteiger partial charge in [0, 0.05) is 84.1 Å². The Morgan fingerprint density at radius 2 is 1.10 bits per heavy atom. The number of carbonyl (C=O) groups excluding carboxylic acids is 11. The average molecular weight is 1350 g/mol. The zero-order chi connectivity index (χ0) is 70.2. The van der Waals surface area contributed by atoms with Crippen LogP contribution in [0, 0.1) is 11.8 Å². The molecule has 30 nitrogen and oxygen atoms in total. The summed E-state index contributed by atoms with van der Waals surface area (Å²) in [4.78, 5) is 182. The quantitative estimate of drug-likeness (QED) is 0.0525. The number of thioether (sulfide) groups is 1. The maximum Gasteiger partial charge on any atom is 0.303 e. The number of H-pyrrole nitrogens is 3. The number of rotatable bonds is 18. The number of aromatic amines is 3. The molecule has 1 aliphatic heterocycles. The van der Waals surface area contributed by atoms with Crippen LogP contribution in [0.3, 0.4) is 0 Å². The molecule has 0 bridgehead atoms. The van der Waals surface area contributed by atoms with Crippen molar-refractivity contribution in [2.45, 2.75) is 173 Å². The first kappa shape index (κ1) is 75.7. The number of nitrogens with zero attached hydrogens (tertiary/aromatic N) is 1. The van der Waals surface area contributed by atoms with Crippen molar-refractivity contribution in [2.24, 2.45) is 11.8 Å². The van der Waals surface area contributed by atoms with E-state index in [9.17, 15) is 67.7 Å². The van der Waals surface area contributed by atoms with E-state index in [4.69, 9.17) is 0 Å². The molecule has 5 aromatic rings. The van der Waals surface area contributed by atoms with Gasteiger partial charge in [-0.2, -0.15) is 11.8 Å². The molecule has 96 heavy (non-hydrogen) atoms. The van der Waals surface area contributed by atoms with Crippen LogP contribution in [-0.2, 0) is 76.8 Å². The summed E-state index contributed by atoms with van der Waals surface area (Å²) in [7, 11) is 1.54. The fraction of sp³-hybridized carbons (Fsp3) is 0.523. The number of amides is 11. The van der Waals surface area contributed by atoms with E-state index in [2.05, 4.69) is 83.7 Å². The number of carboxylic acid groups (broad SMARTS) is 1. The first-order valence-electron chi connectivity index (χ1n) is 32.2. The lowest BCUT2D eigenvalue weighted by atomic mass is 10.0. The van der Waals surface area contributed by atoms with Gasteiger partial charge >= 0.3 is 5.97 Å². The second kappa shape index (κ2) is 37.1. The smallest absolute Gasteiger partial charge is 0.303 e. The van der Waals surface area contributed by atoms with Gasteiger partial charge in [-0.3, -0.25) is 57.5 Å². The summed E-state index contributed by atoms with van der Waals surface area (Å²) in [6, 6.07) is 1.27. The molecule has 3 aromatic heterocycles. The Hall–Kier alpha value is -9.36. The molecule has 4 heterocycles. The number of aliphatic hydroxyl groups excluding tert-OH is 1. The first-order chi connectivity index (χ1) is 45.7. The number of carbonyl (C=O) groups is 12. The molecule has 1 saturated heterocycles. The minimum atomic E-state index is -1.58. The van der Waals surface area contributed by atoms with E-state index in [1.54, 1.807) is 59.1 Å². The highest BCUT2D eigenvalue weighted by Gasteiger charge is 2.36. The number of benzene rings is 2. The van der Waals surface area contributed by atoms with Crippen LogP contribution in [0.15, 0.2) is 73.4 Å². The molecule has 11 amide bonds. The van der Waals surface area contributed by atoms with Crippen LogP contribution in [0.2, 0.25) is 0 Å². The highest BCUT2D eigenvalue weighted by atomic mass is 32.2. The van der Waals surface area contributed by atoms with Gasteiger partial charge in [0.25, 0.3) is 0 Å². The predicted octanol–water partition coefficient (Wildman–Crippen LogP) is -0.512. The summed E-state index contributed by atoms with van der Waals surface area (Å²) in [5.74, 6) is -10.5. The lowest BCUT2D eigenvalue weighted by Gasteiger charge is -2.27. The van der Waals surface area contributed by atoms with Crippen molar-refractivity contribution in [1.29, 1.82) is 0 Å². The Labute approximate surface area is 560 Å². The highest BCUT2D eigenvalue weighted by molar-refractivity contribution is 7.99. The predicted molar refractivity (Wildman–Crippen MR) is 358 cm³/mol. The van der Waals surface area contributed by atoms with Gasteiger partial charge in [-0.1, -0.05) is 71.0 Å². The largest absolute Gasteiger partial charge is 0.481 e. The molecule has 17 N–H and O–H groups in total. The third-order valence-electron chi connectivity index (χ3n) is 16.0. The Balaban J connectivity index is 1.35. The Bertz CT molecular complexity index is 3500. The lowest BCUT2D eigenvalue weighted by molar-refractivity contribution is -0.138. The number of fused-ring (bicyclic) bond motifs is 2. The summed E-state index contributed by atoms with van der Waals surface area (Å²) in [5.41, 5.74) is 3.10. The Morgan fingerprint density at radius 1 is 0.604 bits per heavy atom. The van der Waals surface area contributed by atoms with E-state index in [1.807, 2.05) is 36.4 Å². The molecule has 1 aliphatic rings. The first-order valence-corrected chi connectivity index (χ1v) is 33.4. The van der Waals surface area contributed by atoms with Crippen molar-refractivity contribution in [1.82, 2.24) is 83.7 Å². The normalized spacial score (nSPS) is 23.9. The molecule has 6 rings (SSSR count). The molecule has 31 heteroatoms. The van der Waals surface area contributed by atoms with Crippen LogP contribution >= 0.6 is 11.8 Å². The van der Waals surface area contributed by atoms with Gasteiger partial charge < -0.3 is 89.0 Å². The molecule has 0 radical (unpaired) electrons. The molecule has 2 aromatic carbocycles. The fourth-order valence-corrected chi connectivity index (χ4v) is 11.9. The minimum Gasteiger partial charge on any atom is -0.481 e. The third kappa shape index (κ3) is 23.2. The van der Waals surface area contributed by atoms with Crippen molar-refractivity contribution >= 4 is 105 Å². The summed E-state index contributed by atoms with van der Waals surface area (Å²) < 4.78 is 0. The van der Waals surface area contributed by atoms with Crippen LogP contribution in [0.5, 0.6) is 0 Å². The SMILES string of the molecule is CC[C@@H]1NC(=O)[C@H](CC(C)C)NC(=O)[C@H](CCC(=O)O)NC(=O)CNC(=O)[C@H](CC(C)C)NC(=O)[C@H](Cc2cnc[nH]2)NC(=O)[C@H](Cc2c[nH]c3ccccc23)NC(=O)[C@H](C)NC(=O)[C@@H](NC)CSCC[C@@H](C(=O)NC[C@@H](C)O)NC(=O)[C@H](Cc2c[nH]c3ccccc23)NC1=O. The van der Waals surface area contributed by atoms with Gasteiger partial charge in [-0.05, 0) is 93.8 Å². The van der Waals surface area contributed by atoms with E-state index in [0.717, 1.165) is 21.8 Å². The number of aliphatic carboxylic acids is 1. The van der Waals surface area contributed by atoms with Gasteiger partial charge in [0.2, 0.25) is 65.0 Å². The van der Waals surface area contributed by atoms with Crippen LogP contribution in [0.4, 0.5) is 0 Å². The summed E-state index contributed by atoms with van der Waals surface area (Å²) >= 11 is 1.23. The summed E-state index contributed by atoms with van der Waals surface area (Å²) in [5, 5.41) is 53.6. The number of imidazole rings is 1. The Kier molecular flexibility index (Phi) is 29.2. The van der Waals surface area contributed by atoms with Crippen LogP contribution in [0.25, 0.3) is 21.8 Å². The maximum atomic E-state index is 14.8. The molecule has 0 unspecified atom stereocenters. The van der Waals surface area contributed by atoms with Crippen LogP contribution < -0.4 is 63.8 Å². The van der Waals surface area contributed by atoms with E-state index in [0.29, 0.717) is 16.8 Å². The maximum absolute atomic E-state index is 14.8. The molecular formula is C65H92N16O14S. The number of carboxylic acids is 1. The van der Waals surface area contributed by atoms with Crippen LogP contribution in [-0.4, -0.2) is 199 Å². The third-order valence-corrected chi connectivity index (χ3v) is 17.1. The Morgan fingerprint density at radius 3 is 1.64 bits per heavy atom. The van der Waals surface area contributed by atoms with Gasteiger partial charge in [-0.25, -0.2) is 4.98 Å². The molecular weight excluding hydrogens is 1260 g/mol. The highest BCUT2D eigenvalue weighted by Crippen LogP contribution is 2.22. The standard InChI is InChI=1S/C65H92N16O14S/c1-9-43-59(89)80-51(25-39-29-69-45-17-13-11-15-42(39)45)62(92)76-47(57(87)70-27-36(6)82)20-21-96-32-53(66-8)65(95)73-37(7)56(86)77-50(24-38-28-68-44-16-12-10-14-41(38)44)63(93)81-52(26-40-30-67-33-72-40)64(94)78-48(22-34(2)3)58(88)71-31-54(83)74-46(18-19-55(84)85)60(90)79-49(23-35(4)5)61(91)75-43/h10-17,28-30,33-37,43,46-53,66,68-69,82H,9,18-27,31-32H2,1-8H3,(H,67,72)(H,70,87)(H,71,88)(H,73,95)(H,74,83)(H,75,91)(H,76,92)(H,77,86)(H,78,94)(H,79,90)(H,80,89)(H,81,93)(H,84,85)/t36-,37+,43+,46+,47+,48+,49+,50+,51+,52+,53+/m1/s1. The van der Waals surface area contributed by atoms with E-state index < -0.39 is 157 Å². The number of aromatic nitrogens is 4. The molecule has 1 fully saturated rings. The minimum absolute atomic E-state index is 0.00672. The van der Waals surface area contributed by atoms with Gasteiger partial charge in [0.1, 0.15) is 54.4 Å². The monoisotopic (exact) mass is 1350 g/mol. The molecule has 11 atom stereocenters. The zero-order valence-electron chi connectivity index (χ0n) is 55.3. The van der Waals surface area contributed by atoms with Crippen LogP contribution in [0.1, 0.15) is 104 Å². The number of hydrogen-bond acceptors (Lipinski definition) is 16. The van der Waals surface area contributed by atoms with Crippen molar-refractivity contribution in [3.63, 3.8) is 0 Å². The topological polar surface area (TPSA) is 450 Å². The number of aliphatic hydroxyl groups is 1. The lowest BCUT2D eigenvalue weighted by Crippen LogP contribution is -2.60. The number of likely N-dealkylation sites (N-methyl/N-ethyl adjacent to an activating group) is 1. The van der Waals surface area contributed by atoms with Crippen molar-refractivity contribution in [3.8, 4) is 0 Å². The molecule has 0 aliphatic carbocycles. The van der Waals surface area contributed by atoms with Crippen molar-refractivity contribution < 1.29 is 67.7 Å². The van der Waals surface area contributed by atoms with Crippen molar-refractivity contribution in [2.75, 3.05) is 31.6 Å². The molecule has 0 saturated carbocycles. The van der Waals surface area contributed by atoms with E-state index >= 15 is 0 Å². The molecule has 0 spiro atoms. The second-order valence-electron chi connectivity index (χ2n) is 24.8. The number of hydrogen-bond donors (Lipinski definition) is 17. The zero-order valence-corrected chi connectivity index (χ0v) is 56.1. The van der Waals surface area contributed by atoms with Gasteiger partial charge in [0.05, 0.1) is 25.0 Å². The van der Waals surface area contributed by atoms with Gasteiger partial charge in [-0.15, -0.1) is 0 Å². The summed E-state index contributed by atoms with van der Waals surface area (Å²) in [6.45, 7) is 10.6. The fourth-order valence-electron chi connectivity index (χ4n) is 10.8. The second-order valence-corrected chi connectivity index (χ2v) is 26.0.